The molecule has 1 fully saturated rings. The maximum absolute atomic E-state index is 5.72. The van der Waals surface area contributed by atoms with Gasteiger partial charge in [-0.25, -0.2) is 0 Å². The minimum absolute atomic E-state index is 0.456. The van der Waals surface area contributed by atoms with E-state index in [4.69, 9.17) is 5.73 Å². The van der Waals surface area contributed by atoms with Gasteiger partial charge in [0.15, 0.2) is 0 Å². The number of nitrogens with zero attached hydrogens (tertiary/aromatic N) is 2. The van der Waals surface area contributed by atoms with Gasteiger partial charge in [0, 0.05) is 32.2 Å². The van der Waals surface area contributed by atoms with Crippen LogP contribution in [0, 0.1) is 0 Å². The van der Waals surface area contributed by atoms with Crippen LogP contribution in [0.1, 0.15) is 37.8 Å². The molecule has 1 aliphatic rings. The smallest absolute Gasteiger partial charge is 0.0234 e. The van der Waals surface area contributed by atoms with Crippen molar-refractivity contribution >= 4 is 0 Å². The second-order valence-electron chi connectivity index (χ2n) is 6.09. The fraction of sp³-hybridized carbons (Fsp3) is 0.647. The summed E-state index contributed by atoms with van der Waals surface area (Å²) in [7, 11) is 0. The average molecular weight is 275 g/mol. The molecular formula is C17H29N3. The topological polar surface area (TPSA) is 32.5 Å². The maximum Gasteiger partial charge on any atom is 0.0234 e. The fourth-order valence-electron chi connectivity index (χ4n) is 3.03. The molecule has 3 nitrogen and oxygen atoms in total. The summed E-state index contributed by atoms with van der Waals surface area (Å²) in [6.45, 7) is 13.3. The highest BCUT2D eigenvalue weighted by atomic mass is 15.3. The first-order chi connectivity index (χ1) is 9.63. The molecule has 2 atom stereocenters. The molecule has 0 amide bonds. The van der Waals surface area contributed by atoms with Crippen LogP contribution in [0.15, 0.2) is 24.3 Å². The zero-order valence-corrected chi connectivity index (χ0v) is 13.2. The minimum Gasteiger partial charge on any atom is -0.330 e. The Hall–Kier alpha value is -0.900. The van der Waals surface area contributed by atoms with E-state index < -0.39 is 0 Å². The monoisotopic (exact) mass is 275 g/mol. The highest BCUT2D eigenvalue weighted by molar-refractivity contribution is 5.25. The Balaban J connectivity index is 1.91. The number of hydrogen-bond acceptors (Lipinski definition) is 3. The van der Waals surface area contributed by atoms with Gasteiger partial charge in [0.2, 0.25) is 0 Å². The van der Waals surface area contributed by atoms with Gasteiger partial charge in [-0.05, 0) is 37.1 Å². The van der Waals surface area contributed by atoms with Gasteiger partial charge in [-0.2, -0.15) is 0 Å². The van der Waals surface area contributed by atoms with Crippen LogP contribution in [0.5, 0.6) is 0 Å². The predicted molar refractivity (Wildman–Crippen MR) is 85.9 cm³/mol. The Labute approximate surface area is 123 Å². The van der Waals surface area contributed by atoms with Crippen molar-refractivity contribution in [3.63, 3.8) is 0 Å². The molecule has 0 saturated carbocycles. The molecule has 0 aromatic heterocycles. The molecule has 0 radical (unpaired) electrons. The van der Waals surface area contributed by atoms with Crippen molar-refractivity contribution in [1.29, 1.82) is 0 Å². The number of nitrogens with two attached hydrogens (primary N) is 1. The lowest BCUT2D eigenvalue weighted by Gasteiger charge is -2.39. The summed E-state index contributed by atoms with van der Waals surface area (Å²) in [6.07, 6.45) is 0. The SMILES string of the molecule is CCN1CCN(Cc2ccc(C(C)CN)cc2)CC1C. The van der Waals surface area contributed by atoms with Crippen LogP contribution in [0.3, 0.4) is 0 Å². The first-order valence-corrected chi connectivity index (χ1v) is 7.89. The molecular weight excluding hydrogens is 246 g/mol. The standard InChI is InChI=1S/C17H29N3/c1-4-20-10-9-19(12-15(20)3)13-16-5-7-17(8-6-16)14(2)11-18/h5-8,14-15H,4,9-13,18H2,1-3H3. The lowest BCUT2D eigenvalue weighted by molar-refractivity contribution is 0.0834. The van der Waals surface area contributed by atoms with Crippen molar-refractivity contribution in [3.05, 3.63) is 35.4 Å². The van der Waals surface area contributed by atoms with E-state index in [0.29, 0.717) is 12.0 Å². The van der Waals surface area contributed by atoms with Crippen LogP contribution in [0.4, 0.5) is 0 Å². The molecule has 0 spiro atoms. The molecule has 112 valence electrons. The average Bonchev–Trinajstić information content (AvgIpc) is 2.47. The van der Waals surface area contributed by atoms with Gasteiger partial charge in [-0.15, -0.1) is 0 Å². The summed E-state index contributed by atoms with van der Waals surface area (Å²) in [4.78, 5) is 5.13. The third-order valence-corrected chi connectivity index (χ3v) is 4.56. The van der Waals surface area contributed by atoms with E-state index >= 15 is 0 Å². The summed E-state index contributed by atoms with van der Waals surface area (Å²) >= 11 is 0. The summed E-state index contributed by atoms with van der Waals surface area (Å²) in [5.41, 5.74) is 8.48. The lowest BCUT2D eigenvalue weighted by atomic mass is 10.00. The Morgan fingerprint density at radius 3 is 2.50 bits per heavy atom. The lowest BCUT2D eigenvalue weighted by Crippen LogP contribution is -2.51. The van der Waals surface area contributed by atoms with Crippen LogP contribution < -0.4 is 5.73 Å². The van der Waals surface area contributed by atoms with Crippen molar-refractivity contribution in [3.8, 4) is 0 Å². The van der Waals surface area contributed by atoms with Crippen LogP contribution in [0.25, 0.3) is 0 Å². The second-order valence-corrected chi connectivity index (χ2v) is 6.09. The highest BCUT2D eigenvalue weighted by Crippen LogP contribution is 2.17. The van der Waals surface area contributed by atoms with E-state index in [-0.39, 0.29) is 0 Å². The zero-order valence-electron chi connectivity index (χ0n) is 13.2. The molecule has 3 heteroatoms. The fourth-order valence-corrected chi connectivity index (χ4v) is 3.03. The van der Waals surface area contributed by atoms with Crippen LogP contribution >= 0.6 is 0 Å². The minimum atomic E-state index is 0.456. The highest BCUT2D eigenvalue weighted by Gasteiger charge is 2.22. The largest absolute Gasteiger partial charge is 0.330 e. The number of hydrogen-bond donors (Lipinski definition) is 1. The van der Waals surface area contributed by atoms with Gasteiger partial charge in [0.25, 0.3) is 0 Å². The molecule has 20 heavy (non-hydrogen) atoms. The van der Waals surface area contributed by atoms with Gasteiger partial charge in [-0.1, -0.05) is 38.1 Å². The molecule has 1 aromatic rings. The third-order valence-electron chi connectivity index (χ3n) is 4.56. The first kappa shape index (κ1) is 15.5. The van der Waals surface area contributed by atoms with Crippen molar-refractivity contribution in [2.75, 3.05) is 32.7 Å². The van der Waals surface area contributed by atoms with Crippen LogP contribution in [-0.2, 0) is 6.54 Å². The Morgan fingerprint density at radius 2 is 1.95 bits per heavy atom. The Bertz CT molecular complexity index is 401. The number of likely N-dealkylation sites (N-methyl/N-ethyl adjacent to an activating group) is 1. The van der Waals surface area contributed by atoms with Gasteiger partial charge >= 0.3 is 0 Å². The van der Waals surface area contributed by atoms with Gasteiger partial charge < -0.3 is 5.73 Å². The van der Waals surface area contributed by atoms with E-state index in [1.807, 2.05) is 0 Å². The predicted octanol–water partition coefficient (Wildman–Crippen LogP) is 2.27. The second kappa shape index (κ2) is 7.21. The molecule has 1 aliphatic heterocycles. The summed E-state index contributed by atoms with van der Waals surface area (Å²) in [6, 6.07) is 9.67. The number of rotatable bonds is 5. The molecule has 1 heterocycles. The van der Waals surface area contributed by atoms with Crippen molar-refractivity contribution in [2.24, 2.45) is 5.73 Å². The summed E-state index contributed by atoms with van der Waals surface area (Å²) in [5, 5.41) is 0. The third kappa shape index (κ3) is 3.81. The number of benzene rings is 1. The van der Waals surface area contributed by atoms with Crippen molar-refractivity contribution < 1.29 is 0 Å². The molecule has 1 aromatic carbocycles. The van der Waals surface area contributed by atoms with Crippen LogP contribution in [-0.4, -0.2) is 48.6 Å². The van der Waals surface area contributed by atoms with Crippen molar-refractivity contribution in [2.45, 2.75) is 39.3 Å². The van der Waals surface area contributed by atoms with Crippen LogP contribution in [0.2, 0.25) is 0 Å². The molecule has 2 rings (SSSR count). The molecule has 0 bridgehead atoms. The van der Waals surface area contributed by atoms with Gasteiger partial charge in [0.1, 0.15) is 0 Å². The normalized spacial score (nSPS) is 22.9. The molecule has 1 saturated heterocycles. The van der Waals surface area contributed by atoms with E-state index in [9.17, 15) is 0 Å². The van der Waals surface area contributed by atoms with E-state index in [0.717, 1.165) is 13.1 Å². The zero-order chi connectivity index (χ0) is 14.5. The quantitative estimate of drug-likeness (QED) is 0.895. The molecule has 2 unspecified atom stereocenters. The molecule has 0 aliphatic carbocycles. The van der Waals surface area contributed by atoms with Gasteiger partial charge in [-0.3, -0.25) is 9.80 Å². The first-order valence-electron chi connectivity index (χ1n) is 7.89. The summed E-state index contributed by atoms with van der Waals surface area (Å²) in [5.74, 6) is 0.456. The maximum atomic E-state index is 5.72. The van der Waals surface area contributed by atoms with E-state index in [2.05, 4.69) is 54.8 Å². The molecule has 2 N–H and O–H groups in total. The van der Waals surface area contributed by atoms with E-state index in [1.165, 1.54) is 37.3 Å². The van der Waals surface area contributed by atoms with E-state index in [1.54, 1.807) is 0 Å². The number of piperazine rings is 1. The Kier molecular flexibility index (Phi) is 5.58. The summed E-state index contributed by atoms with van der Waals surface area (Å²) < 4.78 is 0. The Morgan fingerprint density at radius 1 is 1.25 bits per heavy atom. The van der Waals surface area contributed by atoms with Crippen molar-refractivity contribution in [1.82, 2.24) is 9.80 Å². The van der Waals surface area contributed by atoms with Gasteiger partial charge in [0.05, 0.1) is 0 Å².